The number of rotatable bonds is 1. The van der Waals surface area contributed by atoms with Crippen LogP contribution in [0.15, 0.2) is 12.1 Å². The Kier molecular flexibility index (Phi) is 2.80. The van der Waals surface area contributed by atoms with Crippen LogP contribution in [-0.2, 0) is 6.18 Å². The van der Waals surface area contributed by atoms with Gasteiger partial charge < -0.3 is 0 Å². The van der Waals surface area contributed by atoms with Crippen LogP contribution in [0, 0.1) is 5.82 Å². The van der Waals surface area contributed by atoms with Gasteiger partial charge in [-0.3, -0.25) is 4.79 Å². The molecule has 0 spiro atoms. The van der Waals surface area contributed by atoms with E-state index in [9.17, 15) is 22.4 Å². The normalized spacial score (nSPS) is 11.5. The van der Waals surface area contributed by atoms with Crippen LogP contribution >= 0.6 is 11.6 Å². The zero-order valence-corrected chi connectivity index (χ0v) is 7.29. The maximum absolute atomic E-state index is 12.8. The van der Waals surface area contributed by atoms with Crippen molar-refractivity contribution >= 4 is 17.9 Å². The average molecular weight is 227 g/mol. The minimum Gasteiger partial charge on any atom is -0.298 e. The zero-order chi connectivity index (χ0) is 10.9. The van der Waals surface area contributed by atoms with E-state index in [1.165, 1.54) is 0 Å². The van der Waals surface area contributed by atoms with Crippen molar-refractivity contribution in [2.45, 2.75) is 6.18 Å². The number of alkyl halides is 3. The largest absolute Gasteiger partial charge is 0.417 e. The van der Waals surface area contributed by atoms with Gasteiger partial charge in [-0.2, -0.15) is 13.2 Å². The lowest BCUT2D eigenvalue weighted by Gasteiger charge is -2.09. The SMILES string of the molecule is O=Cc1cc(Cl)c(C(F)(F)F)cc1F. The summed E-state index contributed by atoms with van der Waals surface area (Å²) in [4.78, 5) is 10.2. The van der Waals surface area contributed by atoms with Crippen molar-refractivity contribution in [2.75, 3.05) is 0 Å². The van der Waals surface area contributed by atoms with Gasteiger partial charge in [0, 0.05) is 0 Å². The quantitative estimate of drug-likeness (QED) is 0.530. The first-order chi connectivity index (χ1) is 6.36. The molecule has 0 aliphatic heterocycles. The third kappa shape index (κ3) is 2.04. The first kappa shape index (κ1) is 11.0. The lowest BCUT2D eigenvalue weighted by atomic mass is 10.1. The summed E-state index contributed by atoms with van der Waals surface area (Å²) in [6.07, 6.45) is -4.62. The molecule has 0 aliphatic rings. The molecular formula is C8H3ClF4O. The summed E-state index contributed by atoms with van der Waals surface area (Å²) in [6, 6.07) is 0.846. The standard InChI is InChI=1S/C8H3ClF4O/c9-6-1-4(3-14)7(10)2-5(6)8(11,12)13/h1-3H. The summed E-state index contributed by atoms with van der Waals surface area (Å²) in [5.41, 5.74) is -1.79. The maximum atomic E-state index is 12.8. The Morgan fingerprint density at radius 2 is 1.86 bits per heavy atom. The summed E-state index contributed by atoms with van der Waals surface area (Å²) in [5.74, 6) is -1.24. The van der Waals surface area contributed by atoms with Crippen molar-refractivity contribution in [2.24, 2.45) is 0 Å². The van der Waals surface area contributed by atoms with Gasteiger partial charge in [0.05, 0.1) is 16.1 Å². The van der Waals surface area contributed by atoms with E-state index in [1.807, 2.05) is 0 Å². The molecule has 0 N–H and O–H groups in total. The van der Waals surface area contributed by atoms with Gasteiger partial charge in [-0.05, 0) is 12.1 Å². The smallest absolute Gasteiger partial charge is 0.298 e. The molecule has 0 radical (unpaired) electrons. The minimum atomic E-state index is -4.72. The Labute approximate surface area is 81.3 Å². The predicted molar refractivity (Wildman–Crippen MR) is 41.8 cm³/mol. The molecule has 0 saturated heterocycles. The highest BCUT2D eigenvalue weighted by Crippen LogP contribution is 2.35. The Morgan fingerprint density at radius 1 is 1.29 bits per heavy atom. The second-order valence-corrected chi connectivity index (χ2v) is 2.88. The lowest BCUT2D eigenvalue weighted by Crippen LogP contribution is -2.07. The molecule has 14 heavy (non-hydrogen) atoms. The van der Waals surface area contributed by atoms with Gasteiger partial charge in [0.2, 0.25) is 0 Å². The first-order valence-corrected chi connectivity index (χ1v) is 3.75. The van der Waals surface area contributed by atoms with Gasteiger partial charge in [-0.25, -0.2) is 4.39 Å². The van der Waals surface area contributed by atoms with E-state index in [4.69, 9.17) is 11.6 Å². The fourth-order valence-electron chi connectivity index (χ4n) is 0.870. The van der Waals surface area contributed by atoms with E-state index < -0.39 is 28.1 Å². The van der Waals surface area contributed by atoms with Crippen molar-refractivity contribution < 1.29 is 22.4 Å². The second kappa shape index (κ2) is 3.57. The van der Waals surface area contributed by atoms with Gasteiger partial charge in [0.25, 0.3) is 0 Å². The van der Waals surface area contributed by atoms with E-state index in [0.29, 0.717) is 6.07 Å². The van der Waals surface area contributed by atoms with Crippen LogP contribution in [-0.4, -0.2) is 6.29 Å². The van der Waals surface area contributed by atoms with Crippen molar-refractivity contribution in [3.05, 3.63) is 34.1 Å². The average Bonchev–Trinajstić information content (AvgIpc) is 2.06. The molecule has 0 unspecified atom stereocenters. The van der Waals surface area contributed by atoms with Crippen molar-refractivity contribution in [3.8, 4) is 0 Å². The minimum absolute atomic E-state index is 0.0986. The molecular weight excluding hydrogens is 224 g/mol. The van der Waals surface area contributed by atoms with Crippen LogP contribution in [0.3, 0.4) is 0 Å². The third-order valence-electron chi connectivity index (χ3n) is 1.52. The van der Waals surface area contributed by atoms with Crippen molar-refractivity contribution in [1.82, 2.24) is 0 Å². The molecule has 0 atom stereocenters. The number of carbonyl (C=O) groups excluding carboxylic acids is 1. The third-order valence-corrected chi connectivity index (χ3v) is 1.83. The highest BCUT2D eigenvalue weighted by Gasteiger charge is 2.34. The number of benzene rings is 1. The fourth-order valence-corrected chi connectivity index (χ4v) is 1.15. The molecule has 1 aromatic carbocycles. The molecule has 0 amide bonds. The summed E-state index contributed by atoms with van der Waals surface area (Å²) in [6.45, 7) is 0. The van der Waals surface area contributed by atoms with Crippen LogP contribution in [0.2, 0.25) is 5.02 Å². The number of hydrogen-bond acceptors (Lipinski definition) is 1. The maximum Gasteiger partial charge on any atom is 0.417 e. The van der Waals surface area contributed by atoms with E-state index in [1.54, 1.807) is 0 Å². The highest BCUT2D eigenvalue weighted by atomic mass is 35.5. The summed E-state index contributed by atoms with van der Waals surface area (Å²) >= 11 is 5.22. The molecule has 0 heterocycles. The monoisotopic (exact) mass is 226 g/mol. The molecule has 1 aromatic rings. The zero-order valence-electron chi connectivity index (χ0n) is 6.53. The summed E-state index contributed by atoms with van der Waals surface area (Å²) < 4.78 is 49.1. The first-order valence-electron chi connectivity index (χ1n) is 3.37. The van der Waals surface area contributed by atoms with Gasteiger partial charge in [-0.1, -0.05) is 11.6 Å². The van der Waals surface area contributed by atoms with Gasteiger partial charge in [-0.15, -0.1) is 0 Å². The number of halogens is 5. The number of carbonyl (C=O) groups is 1. The molecule has 76 valence electrons. The molecule has 1 nitrogen and oxygen atoms in total. The Bertz CT molecular complexity index is 372. The second-order valence-electron chi connectivity index (χ2n) is 2.47. The van der Waals surface area contributed by atoms with Crippen molar-refractivity contribution in [3.63, 3.8) is 0 Å². The Balaban J connectivity index is 3.36. The Morgan fingerprint density at radius 3 is 2.29 bits per heavy atom. The molecule has 0 bridgehead atoms. The van der Waals surface area contributed by atoms with E-state index in [2.05, 4.69) is 0 Å². The van der Waals surface area contributed by atoms with Crippen LogP contribution in [0.1, 0.15) is 15.9 Å². The van der Waals surface area contributed by atoms with Crippen LogP contribution in [0.4, 0.5) is 17.6 Å². The van der Waals surface area contributed by atoms with Gasteiger partial charge in [0.1, 0.15) is 5.82 Å². The van der Waals surface area contributed by atoms with Gasteiger partial charge in [0.15, 0.2) is 6.29 Å². The fraction of sp³-hybridized carbons (Fsp3) is 0.125. The highest BCUT2D eigenvalue weighted by molar-refractivity contribution is 6.31. The lowest BCUT2D eigenvalue weighted by molar-refractivity contribution is -0.137. The van der Waals surface area contributed by atoms with Gasteiger partial charge >= 0.3 is 6.18 Å². The molecule has 0 aliphatic carbocycles. The van der Waals surface area contributed by atoms with E-state index in [-0.39, 0.29) is 12.4 Å². The summed E-state index contributed by atoms with van der Waals surface area (Å²) in [5, 5.41) is -0.694. The van der Waals surface area contributed by atoms with E-state index >= 15 is 0 Å². The molecule has 1 rings (SSSR count). The predicted octanol–water partition coefficient (Wildman–Crippen LogP) is 3.31. The summed E-state index contributed by atoms with van der Waals surface area (Å²) in [7, 11) is 0. The molecule has 0 saturated carbocycles. The van der Waals surface area contributed by atoms with Crippen LogP contribution in [0.25, 0.3) is 0 Å². The number of aldehydes is 1. The van der Waals surface area contributed by atoms with Crippen LogP contribution in [0.5, 0.6) is 0 Å². The van der Waals surface area contributed by atoms with Crippen molar-refractivity contribution in [1.29, 1.82) is 0 Å². The Hall–Kier alpha value is -1.10. The molecule has 0 fully saturated rings. The molecule has 6 heteroatoms. The topological polar surface area (TPSA) is 17.1 Å². The number of hydrogen-bond donors (Lipinski definition) is 0. The van der Waals surface area contributed by atoms with E-state index in [0.717, 1.165) is 0 Å². The van der Waals surface area contributed by atoms with Crippen LogP contribution < -0.4 is 0 Å². The molecule has 0 aromatic heterocycles.